The molecule has 168 valence electrons. The molecule has 0 unspecified atom stereocenters. The van der Waals surface area contributed by atoms with Crippen LogP contribution in [-0.4, -0.2) is 14.1 Å². The normalized spacial score (nSPS) is 15.6. The van der Waals surface area contributed by atoms with Crippen molar-refractivity contribution in [3.8, 4) is 0 Å². The zero-order valence-corrected chi connectivity index (χ0v) is 20.0. The maximum atomic E-state index is 2.40. The fourth-order valence-electron chi connectivity index (χ4n) is 5.44. The number of anilines is 2. The average molecular weight is 443 g/mol. The minimum Gasteiger partial charge on any atom is -0.344 e. The van der Waals surface area contributed by atoms with E-state index < -0.39 is 0 Å². The number of benzene rings is 4. The van der Waals surface area contributed by atoms with Gasteiger partial charge in [-0.1, -0.05) is 72.8 Å². The Morgan fingerprint density at radius 1 is 0.500 bits per heavy atom. The zero-order valence-electron chi connectivity index (χ0n) is 20.0. The molecule has 0 spiro atoms. The Bertz CT molecular complexity index is 1420. The van der Waals surface area contributed by atoms with Crippen LogP contribution in [0.1, 0.15) is 25.7 Å². The maximum absolute atomic E-state index is 2.40. The first-order chi connectivity index (χ1) is 16.7. The minimum absolute atomic E-state index is 1.10. The number of allylic oxidation sites excluding steroid dienone is 6. The van der Waals surface area contributed by atoms with Crippen molar-refractivity contribution in [3.05, 3.63) is 109 Å². The fourth-order valence-corrected chi connectivity index (χ4v) is 5.44. The summed E-state index contributed by atoms with van der Waals surface area (Å²) >= 11 is 0. The van der Waals surface area contributed by atoms with Crippen molar-refractivity contribution in [1.29, 1.82) is 0 Å². The molecule has 0 atom stereocenters. The number of likely N-dealkylation sites (N-methyl/N-ethyl adjacent to an activating group) is 2. The Labute approximate surface area is 201 Å². The molecule has 0 amide bonds. The third-order valence-electron chi connectivity index (χ3n) is 7.29. The quantitative estimate of drug-likeness (QED) is 0.292. The van der Waals surface area contributed by atoms with Crippen molar-refractivity contribution in [2.24, 2.45) is 0 Å². The van der Waals surface area contributed by atoms with Crippen LogP contribution in [0.4, 0.5) is 11.4 Å². The molecule has 4 aromatic carbocycles. The van der Waals surface area contributed by atoms with E-state index in [-0.39, 0.29) is 0 Å². The molecule has 2 aliphatic carbocycles. The number of hydrogen-bond acceptors (Lipinski definition) is 2. The molecule has 0 aromatic heterocycles. The monoisotopic (exact) mass is 442 g/mol. The van der Waals surface area contributed by atoms with Crippen molar-refractivity contribution < 1.29 is 0 Å². The summed E-state index contributed by atoms with van der Waals surface area (Å²) in [6.07, 6.45) is 18.2. The van der Waals surface area contributed by atoms with E-state index in [1.165, 1.54) is 55.1 Å². The van der Waals surface area contributed by atoms with E-state index in [0.717, 1.165) is 25.7 Å². The zero-order chi connectivity index (χ0) is 23.1. The third-order valence-corrected chi connectivity index (χ3v) is 7.29. The van der Waals surface area contributed by atoms with Gasteiger partial charge in [-0.2, -0.15) is 0 Å². The van der Waals surface area contributed by atoms with Gasteiger partial charge in [-0.15, -0.1) is 0 Å². The Balaban J connectivity index is 1.65. The van der Waals surface area contributed by atoms with Gasteiger partial charge in [-0.3, -0.25) is 0 Å². The molecular weight excluding hydrogens is 412 g/mol. The standard InChI is InChI=1S/C32H30N2/c1-33(23-13-5-3-6-14-23)31-21-29-26-18-10-12-20-28(26)32(34(2)24-15-7-4-8-16-24)22-30(29)25-17-9-11-19-27(25)31/h5,7,9-22H,3-4,6,8H2,1-2H3. The van der Waals surface area contributed by atoms with Crippen LogP contribution in [0.3, 0.4) is 0 Å². The van der Waals surface area contributed by atoms with Crippen LogP contribution in [-0.2, 0) is 0 Å². The van der Waals surface area contributed by atoms with Crippen molar-refractivity contribution in [3.63, 3.8) is 0 Å². The fraction of sp³-hybridized carbons (Fsp3) is 0.188. The first kappa shape index (κ1) is 20.8. The van der Waals surface area contributed by atoms with Gasteiger partial charge in [-0.05, 0) is 71.5 Å². The second-order valence-corrected chi connectivity index (χ2v) is 9.31. The Kier molecular flexibility index (Phi) is 5.22. The van der Waals surface area contributed by atoms with Gasteiger partial charge in [0.15, 0.2) is 0 Å². The van der Waals surface area contributed by atoms with Crippen LogP contribution < -0.4 is 9.80 Å². The summed E-state index contributed by atoms with van der Waals surface area (Å²) in [4.78, 5) is 4.70. The number of nitrogens with zero attached hydrogens (tertiary/aromatic N) is 2. The van der Waals surface area contributed by atoms with Crippen LogP contribution in [0, 0.1) is 0 Å². The van der Waals surface area contributed by atoms with E-state index in [2.05, 4.69) is 121 Å². The van der Waals surface area contributed by atoms with Crippen molar-refractivity contribution in [2.45, 2.75) is 25.7 Å². The lowest BCUT2D eigenvalue weighted by Gasteiger charge is -2.27. The molecule has 0 aliphatic heterocycles. The summed E-state index contributed by atoms with van der Waals surface area (Å²) in [5.41, 5.74) is 5.05. The molecule has 6 rings (SSSR count). The molecule has 0 saturated heterocycles. The molecule has 2 heteroatoms. The van der Waals surface area contributed by atoms with Gasteiger partial charge >= 0.3 is 0 Å². The summed E-state index contributed by atoms with van der Waals surface area (Å²) in [7, 11) is 4.39. The first-order valence-electron chi connectivity index (χ1n) is 12.3. The van der Waals surface area contributed by atoms with Gasteiger partial charge in [0.2, 0.25) is 0 Å². The van der Waals surface area contributed by atoms with Crippen molar-refractivity contribution in [2.75, 3.05) is 23.9 Å². The van der Waals surface area contributed by atoms with E-state index in [1.54, 1.807) is 0 Å². The SMILES string of the molecule is CN(C1=CCCC=C1)c1cc2c3ccccc3c(N(C)C3=CCCC=C3)cc2c2ccccc12. The second kappa shape index (κ2) is 8.53. The first-order valence-corrected chi connectivity index (χ1v) is 12.3. The minimum atomic E-state index is 1.10. The van der Waals surface area contributed by atoms with E-state index in [1.807, 2.05) is 0 Å². The number of hydrogen-bond donors (Lipinski definition) is 0. The molecule has 4 aromatic rings. The summed E-state index contributed by atoms with van der Waals surface area (Å²) in [5.74, 6) is 0. The molecule has 0 N–H and O–H groups in total. The highest BCUT2D eigenvalue weighted by molar-refractivity contribution is 6.23. The summed E-state index contributed by atoms with van der Waals surface area (Å²) in [6.45, 7) is 0. The smallest absolute Gasteiger partial charge is 0.0494 e. The predicted octanol–water partition coefficient (Wildman–Crippen LogP) is 8.49. The molecule has 0 bridgehead atoms. The molecular formula is C32H30N2. The second-order valence-electron chi connectivity index (χ2n) is 9.31. The predicted molar refractivity (Wildman–Crippen MR) is 149 cm³/mol. The molecule has 0 radical (unpaired) electrons. The van der Waals surface area contributed by atoms with Crippen LogP contribution in [0.15, 0.2) is 109 Å². The lowest BCUT2D eigenvalue weighted by molar-refractivity contribution is 0.985. The van der Waals surface area contributed by atoms with Gasteiger partial charge in [0.1, 0.15) is 0 Å². The van der Waals surface area contributed by atoms with Crippen LogP contribution >= 0.6 is 0 Å². The average Bonchev–Trinajstić information content (AvgIpc) is 2.92. The molecule has 0 fully saturated rings. The molecule has 0 saturated carbocycles. The van der Waals surface area contributed by atoms with E-state index in [4.69, 9.17) is 0 Å². The highest BCUT2D eigenvalue weighted by atomic mass is 15.1. The molecule has 0 heterocycles. The summed E-state index contributed by atoms with van der Waals surface area (Å²) in [5, 5.41) is 7.80. The van der Waals surface area contributed by atoms with Gasteiger partial charge in [0.25, 0.3) is 0 Å². The lowest BCUT2D eigenvalue weighted by Crippen LogP contribution is -2.17. The van der Waals surface area contributed by atoms with Crippen molar-refractivity contribution in [1.82, 2.24) is 0 Å². The Hall–Kier alpha value is -3.78. The topological polar surface area (TPSA) is 6.48 Å². The summed E-state index contributed by atoms with van der Waals surface area (Å²) < 4.78 is 0. The van der Waals surface area contributed by atoms with E-state index in [9.17, 15) is 0 Å². The Morgan fingerprint density at radius 2 is 0.912 bits per heavy atom. The molecule has 34 heavy (non-hydrogen) atoms. The van der Waals surface area contributed by atoms with Crippen LogP contribution in [0.5, 0.6) is 0 Å². The van der Waals surface area contributed by atoms with Crippen molar-refractivity contribution >= 4 is 43.7 Å². The lowest BCUT2D eigenvalue weighted by atomic mass is 9.93. The molecule has 2 aliphatic rings. The van der Waals surface area contributed by atoms with Crippen LogP contribution in [0.2, 0.25) is 0 Å². The van der Waals surface area contributed by atoms with Gasteiger partial charge in [0, 0.05) is 47.6 Å². The third kappa shape index (κ3) is 3.42. The largest absolute Gasteiger partial charge is 0.344 e. The van der Waals surface area contributed by atoms with E-state index in [0.29, 0.717) is 0 Å². The van der Waals surface area contributed by atoms with Gasteiger partial charge in [-0.25, -0.2) is 0 Å². The maximum Gasteiger partial charge on any atom is 0.0494 e. The molecule has 2 nitrogen and oxygen atoms in total. The van der Waals surface area contributed by atoms with Gasteiger partial charge in [0.05, 0.1) is 0 Å². The number of rotatable bonds is 4. The number of fused-ring (bicyclic) bond motifs is 5. The highest BCUT2D eigenvalue weighted by Crippen LogP contribution is 2.42. The van der Waals surface area contributed by atoms with E-state index >= 15 is 0 Å². The Morgan fingerprint density at radius 3 is 1.29 bits per heavy atom. The summed E-state index contributed by atoms with van der Waals surface area (Å²) in [6, 6.07) is 22.5. The van der Waals surface area contributed by atoms with Gasteiger partial charge < -0.3 is 9.80 Å². The highest BCUT2D eigenvalue weighted by Gasteiger charge is 2.18. The van der Waals surface area contributed by atoms with Crippen LogP contribution in [0.25, 0.3) is 32.3 Å².